The maximum Gasteiger partial charge on any atom is 0.256 e. The number of aryl methyl sites for hydroxylation is 2. The fourth-order valence-electron chi connectivity index (χ4n) is 3.49. The van der Waals surface area contributed by atoms with Crippen molar-refractivity contribution in [3.63, 3.8) is 0 Å². The van der Waals surface area contributed by atoms with Crippen LogP contribution in [-0.4, -0.2) is 17.6 Å². The van der Waals surface area contributed by atoms with E-state index in [9.17, 15) is 4.79 Å². The average Bonchev–Trinajstić information content (AvgIpc) is 3.05. The molecule has 1 saturated carbocycles. The summed E-state index contributed by atoms with van der Waals surface area (Å²) in [7, 11) is 0. The highest BCUT2D eigenvalue weighted by molar-refractivity contribution is 5.96. The second-order valence-corrected chi connectivity index (χ2v) is 5.78. The molecule has 102 valence electrons. The summed E-state index contributed by atoms with van der Waals surface area (Å²) in [4.78, 5) is 12.1. The van der Waals surface area contributed by atoms with Crippen molar-refractivity contribution in [2.75, 3.05) is 6.54 Å². The van der Waals surface area contributed by atoms with Gasteiger partial charge in [0.1, 0.15) is 11.3 Å². The molecule has 2 aliphatic carbocycles. The van der Waals surface area contributed by atoms with Gasteiger partial charge in [-0.15, -0.1) is 0 Å². The van der Waals surface area contributed by atoms with Gasteiger partial charge in [-0.1, -0.05) is 17.3 Å². The first-order valence-electron chi connectivity index (χ1n) is 7.04. The minimum absolute atomic E-state index is 0.0602. The second-order valence-electron chi connectivity index (χ2n) is 5.78. The van der Waals surface area contributed by atoms with E-state index in [4.69, 9.17) is 4.52 Å². The molecule has 3 atom stereocenters. The molecule has 4 heteroatoms. The van der Waals surface area contributed by atoms with Gasteiger partial charge in [-0.2, -0.15) is 0 Å². The Balaban J connectivity index is 1.50. The van der Waals surface area contributed by atoms with Crippen LogP contribution >= 0.6 is 0 Å². The average molecular weight is 260 g/mol. The number of allylic oxidation sites excluding steroid dienone is 2. The van der Waals surface area contributed by atoms with Gasteiger partial charge < -0.3 is 9.84 Å². The highest BCUT2D eigenvalue weighted by Gasteiger charge is 2.35. The number of aromatic nitrogens is 1. The summed E-state index contributed by atoms with van der Waals surface area (Å²) in [6.07, 6.45) is 8.39. The Hall–Kier alpha value is -1.58. The summed E-state index contributed by atoms with van der Waals surface area (Å²) >= 11 is 0. The molecule has 1 N–H and O–H groups in total. The molecule has 2 aliphatic rings. The van der Waals surface area contributed by atoms with Gasteiger partial charge in [0.15, 0.2) is 0 Å². The van der Waals surface area contributed by atoms with E-state index in [1.54, 1.807) is 13.8 Å². The Morgan fingerprint density at radius 2 is 2.26 bits per heavy atom. The zero-order chi connectivity index (χ0) is 13.4. The van der Waals surface area contributed by atoms with Gasteiger partial charge in [-0.3, -0.25) is 4.79 Å². The zero-order valence-electron chi connectivity index (χ0n) is 11.5. The highest BCUT2D eigenvalue weighted by Crippen LogP contribution is 2.44. The fraction of sp³-hybridized carbons (Fsp3) is 0.600. The molecule has 3 rings (SSSR count). The molecule has 1 amide bonds. The first-order chi connectivity index (χ1) is 9.15. The van der Waals surface area contributed by atoms with E-state index >= 15 is 0 Å². The number of amides is 1. The van der Waals surface area contributed by atoms with Gasteiger partial charge in [0.2, 0.25) is 0 Å². The third-order valence-corrected chi connectivity index (χ3v) is 4.48. The number of carbonyl (C=O) groups is 1. The lowest BCUT2D eigenvalue weighted by atomic mass is 9.90. The Morgan fingerprint density at radius 3 is 2.84 bits per heavy atom. The second kappa shape index (κ2) is 4.83. The van der Waals surface area contributed by atoms with Crippen molar-refractivity contribution in [2.24, 2.45) is 17.8 Å². The van der Waals surface area contributed by atoms with Crippen LogP contribution in [0.4, 0.5) is 0 Å². The third kappa shape index (κ3) is 2.31. The molecule has 4 nitrogen and oxygen atoms in total. The molecule has 0 spiro atoms. The van der Waals surface area contributed by atoms with Crippen LogP contribution < -0.4 is 5.32 Å². The summed E-state index contributed by atoms with van der Waals surface area (Å²) in [5, 5.41) is 6.80. The molecule has 0 unspecified atom stereocenters. The summed E-state index contributed by atoms with van der Waals surface area (Å²) in [6, 6.07) is 0. The lowest BCUT2D eigenvalue weighted by molar-refractivity contribution is 0.0948. The van der Waals surface area contributed by atoms with E-state index in [1.807, 2.05) is 0 Å². The molecule has 1 aromatic heterocycles. The predicted molar refractivity (Wildman–Crippen MR) is 71.8 cm³/mol. The molecular formula is C15H20N2O2. The van der Waals surface area contributed by atoms with Crippen molar-refractivity contribution in [3.05, 3.63) is 29.2 Å². The Morgan fingerprint density at radius 1 is 1.42 bits per heavy atom. The number of rotatable bonds is 4. The summed E-state index contributed by atoms with van der Waals surface area (Å²) in [6.45, 7) is 4.31. The highest BCUT2D eigenvalue weighted by atomic mass is 16.5. The molecule has 0 saturated heterocycles. The monoisotopic (exact) mass is 260 g/mol. The van der Waals surface area contributed by atoms with E-state index < -0.39 is 0 Å². The molecule has 1 fully saturated rings. The smallest absolute Gasteiger partial charge is 0.256 e. The van der Waals surface area contributed by atoms with Gasteiger partial charge in [-0.25, -0.2) is 0 Å². The van der Waals surface area contributed by atoms with E-state index in [0.717, 1.165) is 30.7 Å². The first-order valence-corrected chi connectivity index (χ1v) is 7.04. The van der Waals surface area contributed by atoms with Crippen LogP contribution in [-0.2, 0) is 0 Å². The zero-order valence-corrected chi connectivity index (χ0v) is 11.5. The van der Waals surface area contributed by atoms with Crippen molar-refractivity contribution >= 4 is 5.91 Å². The van der Waals surface area contributed by atoms with Crippen LogP contribution in [0.5, 0.6) is 0 Å². The van der Waals surface area contributed by atoms with E-state index in [0.29, 0.717) is 17.0 Å². The number of fused-ring (bicyclic) bond motifs is 2. The Kier molecular flexibility index (Phi) is 3.17. The summed E-state index contributed by atoms with van der Waals surface area (Å²) in [5.41, 5.74) is 1.26. The third-order valence-electron chi connectivity index (χ3n) is 4.48. The van der Waals surface area contributed by atoms with Crippen LogP contribution in [0.25, 0.3) is 0 Å². The van der Waals surface area contributed by atoms with Crippen molar-refractivity contribution in [2.45, 2.75) is 33.1 Å². The minimum atomic E-state index is -0.0602. The van der Waals surface area contributed by atoms with E-state index in [-0.39, 0.29) is 5.91 Å². The lowest BCUT2D eigenvalue weighted by Gasteiger charge is -2.17. The van der Waals surface area contributed by atoms with Gasteiger partial charge in [0.05, 0.1) is 5.69 Å². The number of nitrogens with one attached hydrogen (secondary N) is 1. The molecule has 1 heterocycles. The number of hydrogen-bond donors (Lipinski definition) is 1. The van der Waals surface area contributed by atoms with Crippen molar-refractivity contribution in [3.8, 4) is 0 Å². The molecule has 19 heavy (non-hydrogen) atoms. The fourth-order valence-corrected chi connectivity index (χ4v) is 3.49. The standard InChI is InChI=1S/C15H20N2O2/c1-9-14(10(2)19-17-9)15(18)16-6-5-13-8-11-3-4-12(13)7-11/h3-4,11-13H,5-8H2,1-2H3,(H,16,18)/t11-,12+,13-/m1/s1. The summed E-state index contributed by atoms with van der Waals surface area (Å²) < 4.78 is 5.02. The molecule has 0 aromatic carbocycles. The van der Waals surface area contributed by atoms with Crippen molar-refractivity contribution < 1.29 is 9.32 Å². The lowest BCUT2D eigenvalue weighted by Crippen LogP contribution is -2.27. The largest absolute Gasteiger partial charge is 0.361 e. The number of nitrogens with zero attached hydrogens (tertiary/aromatic N) is 1. The molecular weight excluding hydrogens is 240 g/mol. The van der Waals surface area contributed by atoms with E-state index in [2.05, 4.69) is 22.6 Å². The van der Waals surface area contributed by atoms with Crippen molar-refractivity contribution in [1.82, 2.24) is 10.5 Å². The normalized spacial score (nSPS) is 28.0. The topological polar surface area (TPSA) is 55.1 Å². The van der Waals surface area contributed by atoms with Gasteiger partial charge in [-0.05, 0) is 50.9 Å². The van der Waals surface area contributed by atoms with Gasteiger partial charge in [0, 0.05) is 6.54 Å². The number of hydrogen-bond acceptors (Lipinski definition) is 3. The first kappa shape index (κ1) is 12.5. The van der Waals surface area contributed by atoms with Crippen LogP contribution in [0.1, 0.15) is 41.1 Å². The van der Waals surface area contributed by atoms with Crippen molar-refractivity contribution in [1.29, 1.82) is 0 Å². The van der Waals surface area contributed by atoms with Crippen LogP contribution in [0.3, 0.4) is 0 Å². The molecule has 1 aromatic rings. The molecule has 0 radical (unpaired) electrons. The SMILES string of the molecule is Cc1noc(C)c1C(=O)NCC[C@@H]1C[C@@H]2C=C[C@H]1C2. The Bertz CT molecular complexity index is 499. The predicted octanol–water partition coefficient (Wildman–Crippen LogP) is 2.62. The summed E-state index contributed by atoms with van der Waals surface area (Å²) in [5.74, 6) is 2.84. The Labute approximate surface area is 113 Å². The molecule has 0 aliphatic heterocycles. The maximum absolute atomic E-state index is 12.1. The van der Waals surface area contributed by atoms with Gasteiger partial charge in [0.25, 0.3) is 5.91 Å². The quantitative estimate of drug-likeness (QED) is 0.847. The maximum atomic E-state index is 12.1. The van der Waals surface area contributed by atoms with Crippen LogP contribution in [0, 0.1) is 31.6 Å². The number of carbonyl (C=O) groups excluding carboxylic acids is 1. The van der Waals surface area contributed by atoms with Crippen LogP contribution in [0.15, 0.2) is 16.7 Å². The van der Waals surface area contributed by atoms with Gasteiger partial charge >= 0.3 is 0 Å². The van der Waals surface area contributed by atoms with E-state index in [1.165, 1.54) is 12.8 Å². The minimum Gasteiger partial charge on any atom is -0.361 e. The van der Waals surface area contributed by atoms with Crippen LogP contribution in [0.2, 0.25) is 0 Å². The molecule has 2 bridgehead atoms.